The van der Waals surface area contributed by atoms with Crippen LogP contribution < -0.4 is 16.0 Å². The molecule has 5 nitrogen and oxygen atoms in total. The summed E-state index contributed by atoms with van der Waals surface area (Å²) in [7, 11) is 0. The molecule has 0 aliphatic rings. The quantitative estimate of drug-likeness (QED) is 0.384. The van der Waals surface area contributed by atoms with Gasteiger partial charge >= 0.3 is 0 Å². The van der Waals surface area contributed by atoms with Crippen LogP contribution in [0.1, 0.15) is 11.1 Å². The molecule has 1 heterocycles. The normalized spacial score (nSPS) is 10.6. The van der Waals surface area contributed by atoms with Crippen molar-refractivity contribution in [3.63, 3.8) is 0 Å². The molecule has 0 saturated heterocycles. The number of hydrogen-bond acceptors (Lipinski definition) is 3. The summed E-state index contributed by atoms with van der Waals surface area (Å²) in [6.45, 7) is 0.509. The molecule has 0 radical (unpaired) electrons. The number of ether oxygens (including phenoxy) is 1. The topological polar surface area (TPSA) is 80.1 Å². The number of hydrogen-bond donors (Lipinski definition) is 3. The Morgan fingerprint density at radius 2 is 2.00 bits per heavy atom. The van der Waals surface area contributed by atoms with Crippen LogP contribution in [0.15, 0.2) is 54.7 Å². The lowest BCUT2D eigenvalue weighted by molar-refractivity contribution is -0.120. The maximum atomic E-state index is 11.4. The summed E-state index contributed by atoms with van der Waals surface area (Å²) in [5.74, 6) is 5.68. The third kappa shape index (κ3) is 3.10. The lowest BCUT2D eigenvalue weighted by atomic mass is 10.1. The van der Waals surface area contributed by atoms with Gasteiger partial charge in [0, 0.05) is 17.1 Å². The fourth-order valence-electron chi connectivity index (χ4n) is 2.36. The van der Waals surface area contributed by atoms with E-state index < -0.39 is 0 Å². The molecule has 0 aliphatic carbocycles. The Hall–Kier alpha value is -2.79. The number of fused-ring (bicyclic) bond motifs is 1. The molecule has 0 fully saturated rings. The van der Waals surface area contributed by atoms with Crippen LogP contribution in [-0.4, -0.2) is 10.9 Å². The van der Waals surface area contributed by atoms with Crippen LogP contribution in [-0.2, 0) is 17.8 Å². The summed E-state index contributed by atoms with van der Waals surface area (Å²) in [5, 5.41) is 0.967. The van der Waals surface area contributed by atoms with E-state index in [1.54, 1.807) is 0 Å². The largest absolute Gasteiger partial charge is 0.489 e. The first-order valence-electron chi connectivity index (χ1n) is 7.02. The molecule has 0 saturated carbocycles. The van der Waals surface area contributed by atoms with E-state index in [1.807, 2.05) is 54.7 Å². The molecule has 3 rings (SSSR count). The van der Waals surface area contributed by atoms with Crippen molar-refractivity contribution in [2.75, 3.05) is 0 Å². The van der Waals surface area contributed by atoms with Crippen molar-refractivity contribution in [3.05, 3.63) is 65.9 Å². The van der Waals surface area contributed by atoms with Crippen LogP contribution in [0.2, 0.25) is 0 Å². The number of nitrogens with one attached hydrogen (secondary N) is 2. The second-order valence-corrected chi connectivity index (χ2v) is 5.04. The first-order chi connectivity index (χ1) is 10.8. The molecule has 4 N–H and O–H groups in total. The summed E-state index contributed by atoms with van der Waals surface area (Å²) in [6, 6.07) is 15.8. The molecule has 112 valence electrons. The summed E-state index contributed by atoms with van der Waals surface area (Å²) >= 11 is 0. The Morgan fingerprint density at radius 3 is 2.77 bits per heavy atom. The third-order valence-electron chi connectivity index (χ3n) is 3.50. The van der Waals surface area contributed by atoms with E-state index in [-0.39, 0.29) is 12.3 Å². The highest BCUT2D eigenvalue weighted by atomic mass is 16.5. The Morgan fingerprint density at radius 1 is 1.18 bits per heavy atom. The average molecular weight is 295 g/mol. The minimum Gasteiger partial charge on any atom is -0.489 e. The Bertz CT molecular complexity index is 781. The predicted octanol–water partition coefficient (Wildman–Crippen LogP) is 2.28. The zero-order valence-electron chi connectivity index (χ0n) is 12.0. The van der Waals surface area contributed by atoms with E-state index in [4.69, 9.17) is 10.6 Å². The average Bonchev–Trinajstić information content (AvgIpc) is 2.96. The number of amides is 1. The molecule has 0 spiro atoms. The third-order valence-corrected chi connectivity index (χ3v) is 3.50. The van der Waals surface area contributed by atoms with E-state index in [1.165, 1.54) is 0 Å². The molecule has 0 bridgehead atoms. The molecule has 1 aromatic heterocycles. The van der Waals surface area contributed by atoms with Crippen molar-refractivity contribution < 1.29 is 9.53 Å². The number of H-pyrrole nitrogens is 1. The lowest BCUT2D eigenvalue weighted by Gasteiger charge is -2.07. The number of carbonyl (C=O) groups excluding carboxylic acids is 1. The first kappa shape index (κ1) is 14.2. The van der Waals surface area contributed by atoms with Crippen LogP contribution >= 0.6 is 0 Å². The predicted molar refractivity (Wildman–Crippen MR) is 85.1 cm³/mol. The van der Waals surface area contributed by atoms with Gasteiger partial charge in [-0.05, 0) is 29.3 Å². The van der Waals surface area contributed by atoms with Crippen molar-refractivity contribution >= 4 is 16.8 Å². The molecule has 0 aliphatic heterocycles. The number of aromatic amines is 1. The standard InChI is InChI=1S/C17H17N3O2/c18-20-17(21)8-13-10-19-16-7-6-14(9-15(13)16)22-11-12-4-2-1-3-5-12/h1-7,9-10,19H,8,11,18H2,(H,20,21). The van der Waals surface area contributed by atoms with Crippen LogP contribution in [0.4, 0.5) is 0 Å². The Labute approximate surface area is 128 Å². The Balaban J connectivity index is 1.79. The van der Waals surface area contributed by atoms with Crippen molar-refractivity contribution in [2.24, 2.45) is 5.84 Å². The minimum atomic E-state index is -0.225. The van der Waals surface area contributed by atoms with Crippen LogP contribution in [0, 0.1) is 0 Å². The summed E-state index contributed by atoms with van der Waals surface area (Å²) < 4.78 is 5.82. The smallest absolute Gasteiger partial charge is 0.238 e. The fourth-order valence-corrected chi connectivity index (χ4v) is 2.36. The summed E-state index contributed by atoms with van der Waals surface area (Å²) in [4.78, 5) is 14.6. The first-order valence-corrected chi connectivity index (χ1v) is 7.02. The highest BCUT2D eigenvalue weighted by molar-refractivity contribution is 5.89. The van der Waals surface area contributed by atoms with Gasteiger partial charge in [-0.25, -0.2) is 5.84 Å². The van der Waals surface area contributed by atoms with Gasteiger partial charge in [0.1, 0.15) is 12.4 Å². The van der Waals surface area contributed by atoms with Gasteiger partial charge in [0.25, 0.3) is 0 Å². The second-order valence-electron chi connectivity index (χ2n) is 5.04. The zero-order chi connectivity index (χ0) is 15.4. The lowest BCUT2D eigenvalue weighted by Crippen LogP contribution is -2.31. The fraction of sp³-hybridized carbons (Fsp3) is 0.118. The molecule has 3 aromatic rings. The van der Waals surface area contributed by atoms with Gasteiger partial charge in [0.15, 0.2) is 0 Å². The zero-order valence-corrected chi connectivity index (χ0v) is 12.0. The van der Waals surface area contributed by atoms with Gasteiger partial charge in [0.2, 0.25) is 5.91 Å². The molecule has 0 atom stereocenters. The number of hydrazine groups is 1. The highest BCUT2D eigenvalue weighted by Gasteiger charge is 2.09. The number of carbonyl (C=O) groups is 1. The van der Waals surface area contributed by atoms with Crippen molar-refractivity contribution in [3.8, 4) is 5.75 Å². The molecular formula is C17H17N3O2. The number of benzene rings is 2. The number of rotatable bonds is 5. The number of aromatic nitrogens is 1. The van der Waals surface area contributed by atoms with Crippen LogP contribution in [0.25, 0.3) is 10.9 Å². The van der Waals surface area contributed by atoms with Crippen LogP contribution in [0.5, 0.6) is 5.75 Å². The van der Waals surface area contributed by atoms with E-state index in [2.05, 4.69) is 10.4 Å². The van der Waals surface area contributed by atoms with Crippen molar-refractivity contribution in [1.29, 1.82) is 0 Å². The van der Waals surface area contributed by atoms with Gasteiger partial charge in [-0.3, -0.25) is 10.2 Å². The number of nitrogens with two attached hydrogens (primary N) is 1. The maximum absolute atomic E-state index is 11.4. The van der Waals surface area contributed by atoms with Crippen LogP contribution in [0.3, 0.4) is 0 Å². The summed E-state index contributed by atoms with van der Waals surface area (Å²) in [5.41, 5.74) is 5.11. The molecule has 22 heavy (non-hydrogen) atoms. The van der Waals surface area contributed by atoms with E-state index >= 15 is 0 Å². The van der Waals surface area contributed by atoms with Crippen molar-refractivity contribution in [2.45, 2.75) is 13.0 Å². The molecular weight excluding hydrogens is 278 g/mol. The monoisotopic (exact) mass is 295 g/mol. The molecule has 2 aromatic carbocycles. The second kappa shape index (κ2) is 6.32. The van der Waals surface area contributed by atoms with Gasteiger partial charge in [0.05, 0.1) is 6.42 Å². The maximum Gasteiger partial charge on any atom is 0.238 e. The Kier molecular flexibility index (Phi) is 4.07. The van der Waals surface area contributed by atoms with E-state index in [9.17, 15) is 4.79 Å². The molecule has 1 amide bonds. The minimum absolute atomic E-state index is 0.225. The van der Waals surface area contributed by atoms with E-state index in [0.29, 0.717) is 6.61 Å². The van der Waals surface area contributed by atoms with Gasteiger partial charge in [-0.15, -0.1) is 0 Å². The van der Waals surface area contributed by atoms with Gasteiger partial charge in [-0.2, -0.15) is 0 Å². The van der Waals surface area contributed by atoms with Crippen molar-refractivity contribution in [1.82, 2.24) is 10.4 Å². The van der Waals surface area contributed by atoms with Gasteiger partial charge in [-0.1, -0.05) is 30.3 Å². The SMILES string of the molecule is NNC(=O)Cc1c[nH]c2ccc(OCc3ccccc3)cc12. The molecule has 0 unspecified atom stereocenters. The summed E-state index contributed by atoms with van der Waals surface area (Å²) in [6.07, 6.45) is 2.06. The molecule has 5 heteroatoms. The van der Waals surface area contributed by atoms with Gasteiger partial charge < -0.3 is 9.72 Å². The highest BCUT2D eigenvalue weighted by Crippen LogP contribution is 2.24. The van der Waals surface area contributed by atoms with E-state index in [0.717, 1.165) is 27.8 Å².